The quantitative estimate of drug-likeness (QED) is 0.0960. The van der Waals surface area contributed by atoms with Gasteiger partial charge in [-0.15, -0.1) is 0 Å². The van der Waals surface area contributed by atoms with Gasteiger partial charge in [0, 0.05) is 12.8 Å². The number of hydrogen-bond acceptors (Lipinski definition) is 4. The summed E-state index contributed by atoms with van der Waals surface area (Å²) in [5.74, 6) is 0.281. The van der Waals surface area contributed by atoms with Crippen LogP contribution in [0.15, 0.2) is 0 Å². The van der Waals surface area contributed by atoms with E-state index in [1.165, 1.54) is 70.6 Å². The van der Waals surface area contributed by atoms with Crippen LogP contribution in [0, 0.1) is 5.92 Å². The number of carbonyl (C=O) groups is 2. The number of hydrogen-bond donors (Lipinski definition) is 0. The van der Waals surface area contributed by atoms with Crippen molar-refractivity contribution in [2.75, 3.05) is 6.61 Å². The van der Waals surface area contributed by atoms with Crippen LogP contribution in [-0.2, 0) is 19.1 Å². The topological polar surface area (TPSA) is 52.6 Å². The van der Waals surface area contributed by atoms with Crippen molar-refractivity contribution in [2.24, 2.45) is 5.92 Å². The van der Waals surface area contributed by atoms with E-state index >= 15 is 0 Å². The van der Waals surface area contributed by atoms with Gasteiger partial charge in [-0.05, 0) is 31.6 Å². The minimum Gasteiger partial charge on any atom is -0.466 e. The molecule has 0 rings (SSSR count). The SMILES string of the molecule is CCCCCCCCCCCCCCOC(=O)CCCCCCCCC(=O)OC(CC)C(C)C. The van der Waals surface area contributed by atoms with Gasteiger partial charge in [-0.1, -0.05) is 124 Å². The van der Waals surface area contributed by atoms with Gasteiger partial charge in [-0.2, -0.15) is 0 Å². The molecule has 0 spiro atoms. The summed E-state index contributed by atoms with van der Waals surface area (Å²) >= 11 is 0. The van der Waals surface area contributed by atoms with Gasteiger partial charge < -0.3 is 9.47 Å². The van der Waals surface area contributed by atoms with Crippen molar-refractivity contribution in [3.63, 3.8) is 0 Å². The Kier molecular flexibility index (Phi) is 24.3. The highest BCUT2D eigenvalue weighted by molar-refractivity contribution is 5.69. The highest BCUT2D eigenvalue weighted by Crippen LogP contribution is 2.14. The predicted molar refractivity (Wildman–Crippen MR) is 144 cm³/mol. The van der Waals surface area contributed by atoms with E-state index in [2.05, 4.69) is 27.7 Å². The van der Waals surface area contributed by atoms with Crippen molar-refractivity contribution < 1.29 is 19.1 Å². The molecule has 0 radical (unpaired) electrons. The van der Waals surface area contributed by atoms with Gasteiger partial charge in [0.1, 0.15) is 6.10 Å². The Bertz CT molecular complexity index is 461. The van der Waals surface area contributed by atoms with Crippen molar-refractivity contribution in [3.8, 4) is 0 Å². The monoisotopic (exact) mass is 482 g/mol. The van der Waals surface area contributed by atoms with Gasteiger partial charge in [-0.3, -0.25) is 9.59 Å². The van der Waals surface area contributed by atoms with Crippen molar-refractivity contribution in [1.29, 1.82) is 0 Å². The summed E-state index contributed by atoms with van der Waals surface area (Å²) in [5.41, 5.74) is 0. The number of esters is 2. The van der Waals surface area contributed by atoms with Gasteiger partial charge in [0.25, 0.3) is 0 Å². The lowest BCUT2D eigenvalue weighted by atomic mass is 10.0. The smallest absolute Gasteiger partial charge is 0.306 e. The second kappa shape index (κ2) is 25.0. The molecular formula is C30H58O4. The van der Waals surface area contributed by atoms with E-state index < -0.39 is 0 Å². The molecule has 4 heteroatoms. The summed E-state index contributed by atoms with van der Waals surface area (Å²) in [7, 11) is 0. The van der Waals surface area contributed by atoms with Crippen molar-refractivity contribution in [1.82, 2.24) is 0 Å². The Morgan fingerprint density at radius 3 is 1.41 bits per heavy atom. The molecule has 0 aliphatic rings. The van der Waals surface area contributed by atoms with Crippen LogP contribution in [0.4, 0.5) is 0 Å². The zero-order valence-electron chi connectivity index (χ0n) is 23.3. The summed E-state index contributed by atoms with van der Waals surface area (Å²) in [6, 6.07) is 0. The molecule has 0 aliphatic carbocycles. The lowest BCUT2D eigenvalue weighted by Gasteiger charge is -2.19. The average molecular weight is 483 g/mol. The van der Waals surface area contributed by atoms with Crippen LogP contribution >= 0.6 is 0 Å². The fraction of sp³-hybridized carbons (Fsp3) is 0.933. The molecule has 0 saturated carbocycles. The third kappa shape index (κ3) is 22.7. The normalized spacial score (nSPS) is 12.1. The Morgan fingerprint density at radius 1 is 0.559 bits per heavy atom. The fourth-order valence-corrected chi connectivity index (χ4v) is 4.37. The molecule has 0 aromatic rings. The first-order valence-corrected chi connectivity index (χ1v) is 14.9. The average Bonchev–Trinajstić information content (AvgIpc) is 2.81. The van der Waals surface area contributed by atoms with Crippen molar-refractivity contribution in [3.05, 3.63) is 0 Å². The van der Waals surface area contributed by atoms with Gasteiger partial charge in [0.15, 0.2) is 0 Å². The lowest BCUT2D eigenvalue weighted by molar-refractivity contribution is -0.151. The first-order valence-electron chi connectivity index (χ1n) is 14.9. The third-order valence-electron chi connectivity index (χ3n) is 6.70. The number of rotatable bonds is 25. The molecule has 0 amide bonds. The van der Waals surface area contributed by atoms with Crippen LogP contribution in [0.25, 0.3) is 0 Å². The summed E-state index contributed by atoms with van der Waals surface area (Å²) in [4.78, 5) is 23.7. The van der Waals surface area contributed by atoms with Crippen LogP contribution in [-0.4, -0.2) is 24.6 Å². The molecule has 0 saturated heterocycles. The van der Waals surface area contributed by atoms with Crippen LogP contribution in [0.3, 0.4) is 0 Å². The predicted octanol–water partition coefficient (Wildman–Crippen LogP) is 9.33. The van der Waals surface area contributed by atoms with Gasteiger partial charge in [-0.25, -0.2) is 0 Å². The second-order valence-corrected chi connectivity index (χ2v) is 10.4. The van der Waals surface area contributed by atoms with Crippen molar-refractivity contribution >= 4 is 11.9 Å². The maximum absolute atomic E-state index is 11.9. The largest absolute Gasteiger partial charge is 0.466 e. The van der Waals surface area contributed by atoms with Crippen molar-refractivity contribution in [2.45, 2.75) is 169 Å². The highest BCUT2D eigenvalue weighted by Gasteiger charge is 2.15. The first-order chi connectivity index (χ1) is 16.5. The van der Waals surface area contributed by atoms with Crippen LogP contribution in [0.5, 0.6) is 0 Å². The van der Waals surface area contributed by atoms with Gasteiger partial charge in [0.2, 0.25) is 0 Å². The molecule has 0 aromatic carbocycles. The number of unbranched alkanes of at least 4 members (excludes halogenated alkanes) is 16. The molecule has 34 heavy (non-hydrogen) atoms. The van der Waals surface area contributed by atoms with E-state index in [0.717, 1.165) is 51.4 Å². The Labute approximate surface area is 212 Å². The molecule has 0 aliphatic heterocycles. The molecule has 202 valence electrons. The summed E-state index contributed by atoms with van der Waals surface area (Å²) in [6.07, 6.45) is 24.0. The first kappa shape index (κ1) is 32.9. The minimum absolute atomic E-state index is 0.0403. The maximum atomic E-state index is 11.9. The summed E-state index contributed by atoms with van der Waals surface area (Å²) < 4.78 is 10.9. The fourth-order valence-electron chi connectivity index (χ4n) is 4.37. The Morgan fingerprint density at radius 2 is 0.971 bits per heavy atom. The Hall–Kier alpha value is -1.06. The maximum Gasteiger partial charge on any atom is 0.306 e. The Balaban J connectivity index is 3.33. The standard InChI is InChI=1S/C30H58O4/c1-5-7-8-9-10-11-12-13-14-17-20-23-26-33-29(31)24-21-18-15-16-19-22-25-30(32)34-28(6-2)27(3)4/h27-28H,5-26H2,1-4H3. The van der Waals surface area contributed by atoms with E-state index in [0.29, 0.717) is 25.4 Å². The summed E-state index contributed by atoms with van der Waals surface area (Å²) in [5, 5.41) is 0. The van der Waals surface area contributed by atoms with Crippen LogP contribution < -0.4 is 0 Å². The molecule has 0 fully saturated rings. The van der Waals surface area contributed by atoms with Gasteiger partial charge >= 0.3 is 11.9 Å². The number of ether oxygens (including phenoxy) is 2. The third-order valence-corrected chi connectivity index (χ3v) is 6.70. The zero-order chi connectivity index (χ0) is 25.3. The van der Waals surface area contributed by atoms with E-state index in [9.17, 15) is 9.59 Å². The summed E-state index contributed by atoms with van der Waals surface area (Å²) in [6.45, 7) is 9.10. The van der Waals surface area contributed by atoms with E-state index in [1.807, 2.05) is 0 Å². The molecule has 0 N–H and O–H groups in total. The molecule has 0 heterocycles. The molecule has 0 bridgehead atoms. The molecular weight excluding hydrogens is 424 g/mol. The highest BCUT2D eigenvalue weighted by atomic mass is 16.5. The van der Waals surface area contributed by atoms with Crippen LogP contribution in [0.1, 0.15) is 163 Å². The molecule has 1 unspecified atom stereocenters. The zero-order valence-corrected chi connectivity index (χ0v) is 23.3. The van der Waals surface area contributed by atoms with E-state index in [-0.39, 0.29) is 18.0 Å². The van der Waals surface area contributed by atoms with E-state index in [1.54, 1.807) is 0 Å². The number of carbonyl (C=O) groups excluding carboxylic acids is 2. The molecule has 4 nitrogen and oxygen atoms in total. The second-order valence-electron chi connectivity index (χ2n) is 10.4. The van der Waals surface area contributed by atoms with Gasteiger partial charge in [0.05, 0.1) is 6.61 Å². The molecule has 0 aromatic heterocycles. The minimum atomic E-state index is -0.0588. The lowest BCUT2D eigenvalue weighted by Crippen LogP contribution is -2.22. The molecule has 1 atom stereocenters. The van der Waals surface area contributed by atoms with E-state index in [4.69, 9.17) is 9.47 Å². The van der Waals surface area contributed by atoms with Crippen LogP contribution in [0.2, 0.25) is 0 Å².